The van der Waals surface area contributed by atoms with E-state index >= 15 is 0 Å². The van der Waals surface area contributed by atoms with Gasteiger partial charge in [0, 0.05) is 16.1 Å². The molecule has 1 aromatic carbocycles. The summed E-state index contributed by atoms with van der Waals surface area (Å²) in [5.41, 5.74) is 2.14. The molecular weight excluding hydrogens is 266 g/mol. The first-order valence-electron chi connectivity index (χ1n) is 3.97. The van der Waals surface area contributed by atoms with Gasteiger partial charge in [-0.2, -0.15) is 0 Å². The van der Waals surface area contributed by atoms with E-state index in [0.29, 0.717) is 10.0 Å². The molecule has 0 aliphatic heterocycles. The molecule has 0 atom stereocenters. The van der Waals surface area contributed by atoms with Crippen molar-refractivity contribution in [2.45, 2.75) is 6.42 Å². The number of rotatable bonds is 3. The second-order valence-corrected chi connectivity index (χ2v) is 3.69. The number of nitrogens with one attached hydrogen (secondary N) is 1. The zero-order valence-corrected chi connectivity index (χ0v) is 9.15. The van der Waals surface area contributed by atoms with Crippen molar-refractivity contribution in [2.75, 3.05) is 0 Å². The number of hydrazine groups is 1. The Hall–Kier alpha value is -1.47. The standard InChI is InChI=1S/C8H8BrN3O3/c9-6-2-1-5(3-8(13)11-10)7(4-6)12(14)15/h1-2,4H,3,10H2,(H,11,13). The Kier molecular flexibility index (Phi) is 3.75. The average Bonchev–Trinajstić information content (AvgIpc) is 2.20. The quantitative estimate of drug-likeness (QED) is 0.370. The second-order valence-electron chi connectivity index (χ2n) is 2.77. The van der Waals surface area contributed by atoms with Crippen LogP contribution in [0.5, 0.6) is 0 Å². The molecule has 80 valence electrons. The van der Waals surface area contributed by atoms with Crippen molar-refractivity contribution in [3.63, 3.8) is 0 Å². The SMILES string of the molecule is NNC(=O)Cc1ccc(Br)cc1[N+](=O)[O-]. The monoisotopic (exact) mass is 273 g/mol. The Balaban J connectivity index is 3.06. The first kappa shape index (κ1) is 11.6. The summed E-state index contributed by atoms with van der Waals surface area (Å²) in [6.07, 6.45) is -0.111. The summed E-state index contributed by atoms with van der Waals surface area (Å²) in [5.74, 6) is 4.43. The molecule has 0 aliphatic carbocycles. The van der Waals surface area contributed by atoms with E-state index in [4.69, 9.17) is 5.84 Å². The second kappa shape index (κ2) is 4.85. The van der Waals surface area contributed by atoms with Crippen molar-refractivity contribution in [1.82, 2.24) is 5.43 Å². The van der Waals surface area contributed by atoms with E-state index in [0.717, 1.165) is 0 Å². The molecule has 1 amide bonds. The van der Waals surface area contributed by atoms with Gasteiger partial charge in [0.1, 0.15) is 0 Å². The predicted molar refractivity (Wildman–Crippen MR) is 56.8 cm³/mol. The van der Waals surface area contributed by atoms with Gasteiger partial charge in [0.05, 0.1) is 11.3 Å². The summed E-state index contributed by atoms with van der Waals surface area (Å²) in [7, 11) is 0. The molecule has 0 unspecified atom stereocenters. The fraction of sp³-hybridized carbons (Fsp3) is 0.125. The summed E-state index contributed by atoms with van der Waals surface area (Å²) in [6.45, 7) is 0. The van der Waals surface area contributed by atoms with Crippen LogP contribution in [-0.2, 0) is 11.2 Å². The smallest absolute Gasteiger partial charge is 0.274 e. The lowest BCUT2D eigenvalue weighted by atomic mass is 10.1. The maximum Gasteiger partial charge on any atom is 0.274 e. The lowest BCUT2D eigenvalue weighted by molar-refractivity contribution is -0.385. The molecule has 0 saturated carbocycles. The summed E-state index contributed by atoms with van der Waals surface area (Å²) in [4.78, 5) is 21.1. The number of carbonyl (C=O) groups excluding carboxylic acids is 1. The maximum absolute atomic E-state index is 11.0. The highest BCUT2D eigenvalue weighted by atomic mass is 79.9. The Labute approximate surface area is 93.7 Å². The molecule has 0 radical (unpaired) electrons. The van der Waals surface area contributed by atoms with Crippen LogP contribution in [0.2, 0.25) is 0 Å². The highest BCUT2D eigenvalue weighted by molar-refractivity contribution is 9.10. The van der Waals surface area contributed by atoms with E-state index in [2.05, 4.69) is 15.9 Å². The lowest BCUT2D eigenvalue weighted by Crippen LogP contribution is -2.31. The zero-order chi connectivity index (χ0) is 11.4. The van der Waals surface area contributed by atoms with E-state index in [1.807, 2.05) is 5.43 Å². The number of nitro groups is 1. The molecule has 0 aliphatic rings. The van der Waals surface area contributed by atoms with Gasteiger partial charge in [-0.05, 0) is 6.07 Å². The molecular formula is C8H8BrN3O3. The van der Waals surface area contributed by atoms with Crippen LogP contribution in [0.25, 0.3) is 0 Å². The van der Waals surface area contributed by atoms with Crippen LogP contribution >= 0.6 is 15.9 Å². The van der Waals surface area contributed by atoms with Gasteiger partial charge in [-0.15, -0.1) is 0 Å². The van der Waals surface area contributed by atoms with Crippen molar-refractivity contribution >= 4 is 27.5 Å². The Bertz CT molecular complexity index is 408. The van der Waals surface area contributed by atoms with Crippen LogP contribution in [0.1, 0.15) is 5.56 Å². The number of nitrogens with two attached hydrogens (primary N) is 1. The first-order chi connectivity index (χ1) is 7.04. The number of hydrogen-bond acceptors (Lipinski definition) is 4. The van der Waals surface area contributed by atoms with Gasteiger partial charge in [-0.1, -0.05) is 22.0 Å². The number of amides is 1. The summed E-state index contributed by atoms with van der Waals surface area (Å²) in [6, 6.07) is 4.49. The van der Waals surface area contributed by atoms with Gasteiger partial charge < -0.3 is 0 Å². The minimum atomic E-state index is -0.538. The number of nitro benzene ring substituents is 1. The lowest BCUT2D eigenvalue weighted by Gasteiger charge is -2.02. The fourth-order valence-electron chi connectivity index (χ4n) is 1.08. The van der Waals surface area contributed by atoms with Gasteiger partial charge in [0.25, 0.3) is 5.69 Å². The molecule has 0 saturated heterocycles. The summed E-state index contributed by atoms with van der Waals surface area (Å²) >= 11 is 3.12. The highest BCUT2D eigenvalue weighted by Crippen LogP contribution is 2.23. The van der Waals surface area contributed by atoms with Gasteiger partial charge in [0.15, 0.2) is 0 Å². The van der Waals surface area contributed by atoms with E-state index in [9.17, 15) is 14.9 Å². The maximum atomic E-state index is 11.0. The van der Waals surface area contributed by atoms with Crippen molar-refractivity contribution in [3.8, 4) is 0 Å². The molecule has 7 heteroatoms. The van der Waals surface area contributed by atoms with Crippen LogP contribution in [-0.4, -0.2) is 10.8 Å². The van der Waals surface area contributed by atoms with Gasteiger partial charge in [-0.3, -0.25) is 20.3 Å². The van der Waals surface area contributed by atoms with Crippen LogP contribution in [0.3, 0.4) is 0 Å². The van der Waals surface area contributed by atoms with Crippen LogP contribution < -0.4 is 11.3 Å². The minimum Gasteiger partial charge on any atom is -0.294 e. The largest absolute Gasteiger partial charge is 0.294 e. The van der Waals surface area contributed by atoms with Crippen molar-refractivity contribution < 1.29 is 9.72 Å². The molecule has 0 fully saturated rings. The molecule has 1 aromatic rings. The number of carbonyl (C=O) groups is 1. The highest BCUT2D eigenvalue weighted by Gasteiger charge is 2.16. The third-order valence-corrected chi connectivity index (χ3v) is 2.25. The van der Waals surface area contributed by atoms with Crippen molar-refractivity contribution in [1.29, 1.82) is 0 Å². The molecule has 15 heavy (non-hydrogen) atoms. The minimum absolute atomic E-state index is 0.104. The van der Waals surface area contributed by atoms with Crippen LogP contribution in [0, 0.1) is 10.1 Å². The zero-order valence-electron chi connectivity index (χ0n) is 7.57. The molecule has 3 N–H and O–H groups in total. The topological polar surface area (TPSA) is 98.3 Å². The molecule has 1 rings (SSSR count). The van der Waals surface area contributed by atoms with E-state index in [-0.39, 0.29) is 12.1 Å². The number of benzene rings is 1. The summed E-state index contributed by atoms with van der Waals surface area (Å²) < 4.78 is 0.589. The molecule has 0 spiro atoms. The molecule has 0 bridgehead atoms. The number of halogens is 1. The Morgan fingerprint density at radius 2 is 2.27 bits per heavy atom. The third-order valence-electron chi connectivity index (χ3n) is 1.76. The fourth-order valence-corrected chi connectivity index (χ4v) is 1.43. The third kappa shape index (κ3) is 3.00. The summed E-state index contributed by atoms with van der Waals surface area (Å²) in [5, 5.41) is 10.7. The van der Waals surface area contributed by atoms with Crippen LogP contribution in [0.15, 0.2) is 22.7 Å². The molecule has 0 aromatic heterocycles. The average molecular weight is 274 g/mol. The number of hydrogen-bond donors (Lipinski definition) is 2. The normalized spacial score (nSPS) is 9.73. The number of nitrogens with zero attached hydrogens (tertiary/aromatic N) is 1. The van der Waals surface area contributed by atoms with Crippen molar-refractivity contribution in [3.05, 3.63) is 38.3 Å². The van der Waals surface area contributed by atoms with E-state index < -0.39 is 10.8 Å². The van der Waals surface area contributed by atoms with Gasteiger partial charge in [0.2, 0.25) is 5.91 Å². The Morgan fingerprint density at radius 3 is 2.80 bits per heavy atom. The Morgan fingerprint density at radius 1 is 1.60 bits per heavy atom. The van der Waals surface area contributed by atoms with Crippen molar-refractivity contribution in [2.24, 2.45) is 5.84 Å². The van der Waals surface area contributed by atoms with E-state index in [1.54, 1.807) is 6.07 Å². The van der Waals surface area contributed by atoms with Crippen LogP contribution in [0.4, 0.5) is 5.69 Å². The van der Waals surface area contributed by atoms with Gasteiger partial charge in [-0.25, -0.2) is 5.84 Å². The van der Waals surface area contributed by atoms with E-state index in [1.165, 1.54) is 12.1 Å². The molecule has 6 nitrogen and oxygen atoms in total. The first-order valence-corrected chi connectivity index (χ1v) is 4.76. The molecule has 0 heterocycles. The van der Waals surface area contributed by atoms with Gasteiger partial charge >= 0.3 is 0 Å². The predicted octanol–water partition coefficient (Wildman–Crippen LogP) is 0.890.